The Labute approximate surface area is 189 Å². The van der Waals surface area contributed by atoms with Crippen LogP contribution in [0.1, 0.15) is 11.1 Å². The largest absolute Gasteiger partial charge is 0.497 e. The van der Waals surface area contributed by atoms with Crippen LogP contribution in [-0.4, -0.2) is 40.3 Å². The predicted molar refractivity (Wildman–Crippen MR) is 125 cm³/mol. The topological polar surface area (TPSA) is 143 Å². The van der Waals surface area contributed by atoms with E-state index in [9.17, 15) is 9.59 Å². The summed E-state index contributed by atoms with van der Waals surface area (Å²) in [6.45, 7) is 0.773. The number of nitrogens with two attached hydrogens (primary N) is 2. The van der Waals surface area contributed by atoms with E-state index < -0.39 is 11.4 Å². The van der Waals surface area contributed by atoms with Gasteiger partial charge in [-0.05, 0) is 35.4 Å². The van der Waals surface area contributed by atoms with E-state index in [0.717, 1.165) is 10.1 Å². The molecule has 3 rings (SSSR count). The number of benzene rings is 2. The number of anilines is 1. The van der Waals surface area contributed by atoms with Crippen molar-refractivity contribution in [3.8, 4) is 5.75 Å². The first kappa shape index (κ1) is 22.9. The lowest BCUT2D eigenvalue weighted by molar-refractivity contribution is 0.414. The van der Waals surface area contributed by atoms with Crippen molar-refractivity contribution in [1.82, 2.24) is 14.1 Å². The molecule has 1 heterocycles. The second-order valence-corrected chi connectivity index (χ2v) is 7.32. The van der Waals surface area contributed by atoms with E-state index in [4.69, 9.17) is 27.8 Å². The highest BCUT2D eigenvalue weighted by Crippen LogP contribution is 2.14. The molecule has 5 N–H and O–H groups in total. The number of aromatic nitrogens is 3. The van der Waals surface area contributed by atoms with Crippen molar-refractivity contribution in [1.29, 1.82) is 0 Å². The van der Waals surface area contributed by atoms with Gasteiger partial charge < -0.3 is 21.5 Å². The minimum absolute atomic E-state index is 0.0438. The monoisotopic (exact) mass is 457 g/mol. The molecule has 0 amide bonds. The summed E-state index contributed by atoms with van der Waals surface area (Å²) < 4.78 is 7.64. The number of hydrogen-bond donors (Lipinski definition) is 3. The minimum Gasteiger partial charge on any atom is -0.497 e. The van der Waals surface area contributed by atoms with Crippen LogP contribution in [0.3, 0.4) is 0 Å². The van der Waals surface area contributed by atoms with E-state index in [1.165, 1.54) is 4.57 Å². The average molecular weight is 458 g/mol. The van der Waals surface area contributed by atoms with E-state index >= 15 is 0 Å². The highest BCUT2D eigenvalue weighted by molar-refractivity contribution is 6.30. The Balaban J connectivity index is 1.98. The third-order valence-corrected chi connectivity index (χ3v) is 4.80. The molecule has 0 atom stereocenters. The minimum atomic E-state index is -0.676. The SMILES string of the molecule is COc1ccc(Cn2c(NCCN=C(N)N)nc(=O)n(Cc3cccc(Cl)c3)c2=O)cc1. The molecule has 3 aromatic rings. The van der Waals surface area contributed by atoms with Gasteiger partial charge in [-0.15, -0.1) is 0 Å². The zero-order chi connectivity index (χ0) is 23.1. The summed E-state index contributed by atoms with van der Waals surface area (Å²) >= 11 is 6.04. The smallest absolute Gasteiger partial charge is 0.355 e. The normalized spacial score (nSPS) is 10.6. The Bertz CT molecular complexity index is 1220. The molecule has 1 aromatic heterocycles. The van der Waals surface area contributed by atoms with Crippen LogP contribution in [0, 0.1) is 0 Å². The summed E-state index contributed by atoms with van der Waals surface area (Å²) in [5, 5.41) is 3.48. The Morgan fingerprint density at radius 3 is 2.47 bits per heavy atom. The number of nitrogens with one attached hydrogen (secondary N) is 1. The highest BCUT2D eigenvalue weighted by Gasteiger charge is 2.14. The molecular formula is C21H24ClN7O3. The second-order valence-electron chi connectivity index (χ2n) is 6.88. The molecular weight excluding hydrogens is 434 g/mol. The summed E-state index contributed by atoms with van der Waals surface area (Å²) in [4.78, 5) is 33.9. The third-order valence-electron chi connectivity index (χ3n) is 4.57. The molecule has 0 fully saturated rings. The van der Waals surface area contributed by atoms with Gasteiger partial charge in [0, 0.05) is 11.6 Å². The van der Waals surface area contributed by atoms with Crippen LogP contribution < -0.4 is 32.9 Å². The maximum absolute atomic E-state index is 13.3. The molecule has 0 spiro atoms. The van der Waals surface area contributed by atoms with E-state index in [2.05, 4.69) is 15.3 Å². The molecule has 0 unspecified atom stereocenters. The number of rotatable bonds is 9. The lowest BCUT2D eigenvalue weighted by atomic mass is 10.2. The fourth-order valence-corrected chi connectivity index (χ4v) is 3.24. The third kappa shape index (κ3) is 5.88. The van der Waals surface area contributed by atoms with Crippen molar-refractivity contribution in [3.05, 3.63) is 85.6 Å². The van der Waals surface area contributed by atoms with Crippen LogP contribution >= 0.6 is 11.6 Å². The molecule has 11 heteroatoms. The van der Waals surface area contributed by atoms with Crippen molar-refractivity contribution in [2.45, 2.75) is 13.1 Å². The zero-order valence-electron chi connectivity index (χ0n) is 17.5. The standard InChI is InChI=1S/C21H24ClN7O3/c1-32-17-7-5-14(6-8-17)12-28-19(26-10-9-25-18(23)24)27-20(30)29(21(28)31)13-15-3-2-4-16(22)11-15/h2-8,11H,9-10,12-13H2,1H3,(H4,23,24,25)(H,26,27,30). The first-order valence-electron chi connectivity index (χ1n) is 9.75. The van der Waals surface area contributed by atoms with Gasteiger partial charge in [0.2, 0.25) is 5.95 Å². The highest BCUT2D eigenvalue weighted by atomic mass is 35.5. The first-order valence-corrected chi connectivity index (χ1v) is 10.1. The molecule has 0 saturated heterocycles. The number of guanidine groups is 1. The van der Waals surface area contributed by atoms with Crippen molar-refractivity contribution in [2.24, 2.45) is 16.5 Å². The number of ether oxygens (including phenoxy) is 1. The number of halogens is 1. The van der Waals surface area contributed by atoms with E-state index in [1.807, 2.05) is 12.1 Å². The van der Waals surface area contributed by atoms with E-state index in [0.29, 0.717) is 16.3 Å². The van der Waals surface area contributed by atoms with Crippen LogP contribution in [-0.2, 0) is 13.1 Å². The molecule has 0 radical (unpaired) electrons. The van der Waals surface area contributed by atoms with Crippen molar-refractivity contribution in [3.63, 3.8) is 0 Å². The maximum Gasteiger partial charge on any atom is 0.355 e. The molecule has 32 heavy (non-hydrogen) atoms. The van der Waals surface area contributed by atoms with Gasteiger partial charge in [-0.2, -0.15) is 4.98 Å². The molecule has 0 saturated carbocycles. The van der Waals surface area contributed by atoms with Crippen LogP contribution in [0.2, 0.25) is 5.02 Å². The fourth-order valence-electron chi connectivity index (χ4n) is 3.03. The Hall–Kier alpha value is -3.79. The van der Waals surface area contributed by atoms with Gasteiger partial charge in [0.15, 0.2) is 5.96 Å². The Morgan fingerprint density at radius 2 is 1.81 bits per heavy atom. The predicted octanol–water partition coefficient (Wildman–Crippen LogP) is 0.849. The summed E-state index contributed by atoms with van der Waals surface area (Å²) in [5.74, 6) is 0.775. The number of methoxy groups -OCH3 is 1. The molecule has 0 aliphatic carbocycles. The van der Waals surface area contributed by atoms with Gasteiger partial charge in [-0.1, -0.05) is 35.9 Å². The van der Waals surface area contributed by atoms with Gasteiger partial charge >= 0.3 is 11.4 Å². The molecule has 0 aliphatic rings. The fraction of sp³-hybridized carbons (Fsp3) is 0.238. The molecule has 168 valence electrons. The van der Waals surface area contributed by atoms with Crippen LogP contribution in [0.5, 0.6) is 5.75 Å². The lowest BCUT2D eigenvalue weighted by Gasteiger charge is -2.15. The van der Waals surface area contributed by atoms with Gasteiger partial charge in [0.1, 0.15) is 5.75 Å². The second kappa shape index (κ2) is 10.5. The van der Waals surface area contributed by atoms with Crippen LogP contribution in [0.15, 0.2) is 63.1 Å². The van der Waals surface area contributed by atoms with Crippen molar-refractivity contribution in [2.75, 3.05) is 25.5 Å². The number of aliphatic imine (C=N–C) groups is 1. The average Bonchev–Trinajstić information content (AvgIpc) is 2.77. The van der Waals surface area contributed by atoms with Gasteiger partial charge in [-0.3, -0.25) is 9.56 Å². The molecule has 0 aliphatic heterocycles. The van der Waals surface area contributed by atoms with Crippen LogP contribution in [0.25, 0.3) is 0 Å². The van der Waals surface area contributed by atoms with Gasteiger partial charge in [0.25, 0.3) is 0 Å². The van der Waals surface area contributed by atoms with Gasteiger partial charge in [0.05, 0.1) is 26.7 Å². The molecule has 0 bridgehead atoms. The zero-order valence-corrected chi connectivity index (χ0v) is 18.2. The van der Waals surface area contributed by atoms with Crippen LogP contribution in [0.4, 0.5) is 5.95 Å². The molecule has 2 aromatic carbocycles. The Morgan fingerprint density at radius 1 is 1.09 bits per heavy atom. The summed E-state index contributed by atoms with van der Waals surface area (Å²) in [5.41, 5.74) is 11.0. The Kier molecular flexibility index (Phi) is 7.50. The molecule has 10 nitrogen and oxygen atoms in total. The number of hydrogen-bond acceptors (Lipinski definition) is 6. The van der Waals surface area contributed by atoms with Crippen molar-refractivity contribution >= 4 is 23.5 Å². The number of nitrogens with zero attached hydrogens (tertiary/aromatic N) is 4. The first-order chi connectivity index (χ1) is 15.4. The van der Waals surface area contributed by atoms with Gasteiger partial charge in [-0.25, -0.2) is 14.2 Å². The maximum atomic E-state index is 13.3. The van der Waals surface area contributed by atoms with E-state index in [-0.39, 0.29) is 38.1 Å². The summed E-state index contributed by atoms with van der Waals surface area (Å²) in [7, 11) is 1.58. The lowest BCUT2D eigenvalue weighted by Crippen LogP contribution is -2.43. The van der Waals surface area contributed by atoms with E-state index in [1.54, 1.807) is 43.5 Å². The quantitative estimate of drug-likeness (QED) is 0.245. The summed E-state index contributed by atoms with van der Waals surface area (Å²) in [6, 6.07) is 14.2. The van der Waals surface area contributed by atoms with Crippen molar-refractivity contribution < 1.29 is 4.74 Å². The summed E-state index contributed by atoms with van der Waals surface area (Å²) in [6.07, 6.45) is 0.